The van der Waals surface area contributed by atoms with Gasteiger partial charge in [-0.2, -0.15) is 0 Å². The number of pyridine rings is 1. The first-order valence-corrected chi connectivity index (χ1v) is 12.4. The molecule has 3 aliphatic rings. The zero-order chi connectivity index (χ0) is 22.1. The summed E-state index contributed by atoms with van der Waals surface area (Å²) < 4.78 is 18.3. The molecule has 1 aromatic heterocycles. The van der Waals surface area contributed by atoms with Crippen molar-refractivity contribution < 1.29 is 14.2 Å². The SMILES string of the molecule is c1cnc2ccc(-c3ccc(C4(C5CCN(C6CCOCC6)CC5)OCCO4)cc3)cc2c1. The number of hydrogen-bond donors (Lipinski definition) is 0. The maximum Gasteiger partial charge on any atom is 0.197 e. The van der Waals surface area contributed by atoms with Gasteiger partial charge in [0.2, 0.25) is 0 Å². The van der Waals surface area contributed by atoms with Crippen LogP contribution >= 0.6 is 0 Å². The Morgan fingerprint density at radius 3 is 2.27 bits per heavy atom. The van der Waals surface area contributed by atoms with Crippen molar-refractivity contribution in [2.45, 2.75) is 37.5 Å². The van der Waals surface area contributed by atoms with Crippen LogP contribution in [0.5, 0.6) is 0 Å². The lowest BCUT2D eigenvalue weighted by Gasteiger charge is -2.44. The number of ether oxygens (including phenoxy) is 3. The van der Waals surface area contributed by atoms with Gasteiger partial charge in [0.15, 0.2) is 5.79 Å². The first-order chi connectivity index (χ1) is 16.3. The zero-order valence-electron chi connectivity index (χ0n) is 19.1. The molecule has 172 valence electrons. The summed E-state index contributed by atoms with van der Waals surface area (Å²) in [5.74, 6) is -0.221. The van der Waals surface area contributed by atoms with Gasteiger partial charge in [-0.05, 0) is 68.1 Å². The van der Waals surface area contributed by atoms with Crippen LogP contribution < -0.4 is 0 Å². The molecule has 3 aliphatic heterocycles. The van der Waals surface area contributed by atoms with E-state index in [1.807, 2.05) is 12.3 Å². The van der Waals surface area contributed by atoms with Gasteiger partial charge in [-0.15, -0.1) is 0 Å². The quantitative estimate of drug-likeness (QED) is 0.567. The van der Waals surface area contributed by atoms with E-state index < -0.39 is 5.79 Å². The van der Waals surface area contributed by atoms with Crippen molar-refractivity contribution in [3.05, 3.63) is 66.4 Å². The molecule has 0 aliphatic carbocycles. The molecule has 0 atom stereocenters. The fourth-order valence-electron chi connectivity index (χ4n) is 5.91. The molecule has 0 N–H and O–H groups in total. The van der Waals surface area contributed by atoms with Gasteiger partial charge < -0.3 is 19.1 Å². The van der Waals surface area contributed by atoms with Crippen LogP contribution in [0.25, 0.3) is 22.0 Å². The second-order valence-corrected chi connectivity index (χ2v) is 9.51. The maximum absolute atomic E-state index is 6.38. The number of hydrogen-bond acceptors (Lipinski definition) is 5. The summed E-state index contributed by atoms with van der Waals surface area (Å²) in [7, 11) is 0. The standard InChI is InChI=1S/C28H32N2O3/c1-2-23-20-22(5-8-27(23)29-13-1)21-3-6-24(7-4-21)28(32-18-19-33-28)25-9-14-30(15-10-25)26-11-16-31-17-12-26/h1-8,13,20,25-26H,9-12,14-19H2. The van der Waals surface area contributed by atoms with E-state index in [4.69, 9.17) is 14.2 Å². The van der Waals surface area contributed by atoms with Crippen molar-refractivity contribution in [2.75, 3.05) is 39.5 Å². The van der Waals surface area contributed by atoms with Crippen molar-refractivity contribution in [3.63, 3.8) is 0 Å². The molecule has 3 fully saturated rings. The van der Waals surface area contributed by atoms with E-state index >= 15 is 0 Å². The summed E-state index contributed by atoms with van der Waals surface area (Å²) in [5, 5.41) is 1.16. The Balaban J connectivity index is 1.21. The normalized spacial score (nSPS) is 22.7. The highest BCUT2D eigenvalue weighted by Crippen LogP contribution is 2.44. The first kappa shape index (κ1) is 21.2. The topological polar surface area (TPSA) is 43.8 Å². The summed E-state index contributed by atoms with van der Waals surface area (Å²) in [5.41, 5.74) is 4.58. The average Bonchev–Trinajstić information content (AvgIpc) is 3.40. The van der Waals surface area contributed by atoms with Gasteiger partial charge >= 0.3 is 0 Å². The fourth-order valence-corrected chi connectivity index (χ4v) is 5.91. The number of rotatable bonds is 4. The molecule has 0 spiro atoms. The van der Waals surface area contributed by atoms with Crippen molar-refractivity contribution in [1.82, 2.24) is 9.88 Å². The molecule has 6 rings (SSSR count). The van der Waals surface area contributed by atoms with Gasteiger partial charge in [0, 0.05) is 42.3 Å². The van der Waals surface area contributed by atoms with Gasteiger partial charge in [-0.3, -0.25) is 4.98 Å². The van der Waals surface area contributed by atoms with Crippen LogP contribution in [0.4, 0.5) is 0 Å². The zero-order valence-corrected chi connectivity index (χ0v) is 19.1. The summed E-state index contributed by atoms with van der Waals surface area (Å²) in [6, 6.07) is 20.1. The Labute approximate surface area is 195 Å². The Hall–Kier alpha value is -2.31. The van der Waals surface area contributed by atoms with Crippen LogP contribution in [-0.2, 0) is 20.0 Å². The second kappa shape index (κ2) is 9.15. The van der Waals surface area contributed by atoms with E-state index in [2.05, 4.69) is 58.4 Å². The second-order valence-electron chi connectivity index (χ2n) is 9.51. The van der Waals surface area contributed by atoms with Crippen LogP contribution in [0.1, 0.15) is 31.2 Å². The molecule has 2 aromatic carbocycles. The number of fused-ring (bicyclic) bond motifs is 1. The maximum atomic E-state index is 6.38. The predicted octanol–water partition coefficient (Wildman–Crippen LogP) is 4.99. The average molecular weight is 445 g/mol. The molecule has 5 heteroatoms. The molecule has 5 nitrogen and oxygen atoms in total. The van der Waals surface area contributed by atoms with E-state index in [0.717, 1.165) is 68.5 Å². The third kappa shape index (κ3) is 4.08. The lowest BCUT2D eigenvalue weighted by molar-refractivity contribution is -0.215. The Morgan fingerprint density at radius 2 is 1.52 bits per heavy atom. The number of aromatic nitrogens is 1. The third-order valence-electron chi connectivity index (χ3n) is 7.71. The highest BCUT2D eigenvalue weighted by atomic mass is 16.7. The van der Waals surface area contributed by atoms with Gasteiger partial charge in [-0.25, -0.2) is 0 Å². The van der Waals surface area contributed by atoms with Crippen LogP contribution in [0.15, 0.2) is 60.8 Å². The monoisotopic (exact) mass is 444 g/mol. The number of benzene rings is 2. The van der Waals surface area contributed by atoms with Gasteiger partial charge in [0.1, 0.15) is 0 Å². The van der Waals surface area contributed by atoms with Crippen LogP contribution in [-0.4, -0.2) is 55.4 Å². The summed E-state index contributed by atoms with van der Waals surface area (Å²) in [4.78, 5) is 7.10. The van der Waals surface area contributed by atoms with E-state index in [9.17, 15) is 0 Å². The van der Waals surface area contributed by atoms with Crippen LogP contribution in [0.3, 0.4) is 0 Å². The van der Waals surface area contributed by atoms with Crippen LogP contribution in [0.2, 0.25) is 0 Å². The Kier molecular flexibility index (Phi) is 5.89. The number of piperidine rings is 1. The van der Waals surface area contributed by atoms with Crippen molar-refractivity contribution >= 4 is 10.9 Å². The minimum absolute atomic E-state index is 0.383. The fraction of sp³-hybridized carbons (Fsp3) is 0.464. The largest absolute Gasteiger partial charge is 0.381 e. The lowest BCUT2D eigenvalue weighted by Crippen LogP contribution is -2.48. The molecule has 0 amide bonds. The Bertz CT molecular complexity index is 1080. The molecule has 3 aromatic rings. The smallest absolute Gasteiger partial charge is 0.197 e. The summed E-state index contributed by atoms with van der Waals surface area (Å²) in [6.45, 7) is 5.38. The molecule has 0 saturated carbocycles. The van der Waals surface area contributed by atoms with Crippen molar-refractivity contribution in [3.8, 4) is 11.1 Å². The number of nitrogens with zero attached hydrogens (tertiary/aromatic N) is 2. The summed E-state index contributed by atoms with van der Waals surface area (Å²) in [6.07, 6.45) is 6.38. The molecular weight excluding hydrogens is 412 g/mol. The van der Waals surface area contributed by atoms with Gasteiger partial charge in [0.05, 0.1) is 18.7 Å². The predicted molar refractivity (Wildman–Crippen MR) is 129 cm³/mol. The first-order valence-electron chi connectivity index (χ1n) is 12.4. The van der Waals surface area contributed by atoms with Crippen molar-refractivity contribution in [2.24, 2.45) is 5.92 Å². The van der Waals surface area contributed by atoms with Gasteiger partial charge in [0.25, 0.3) is 0 Å². The molecule has 0 radical (unpaired) electrons. The van der Waals surface area contributed by atoms with E-state index in [1.165, 1.54) is 11.1 Å². The van der Waals surface area contributed by atoms with Gasteiger partial charge in [-0.1, -0.05) is 36.4 Å². The van der Waals surface area contributed by atoms with E-state index in [1.54, 1.807) is 0 Å². The Morgan fingerprint density at radius 1 is 0.788 bits per heavy atom. The third-order valence-corrected chi connectivity index (χ3v) is 7.71. The molecule has 0 bridgehead atoms. The lowest BCUT2D eigenvalue weighted by atomic mass is 9.83. The molecule has 0 unspecified atom stereocenters. The highest BCUT2D eigenvalue weighted by Gasteiger charge is 2.47. The minimum Gasteiger partial charge on any atom is -0.381 e. The number of likely N-dealkylation sites (tertiary alicyclic amines) is 1. The highest BCUT2D eigenvalue weighted by molar-refractivity contribution is 5.84. The van der Waals surface area contributed by atoms with Crippen molar-refractivity contribution in [1.29, 1.82) is 0 Å². The molecule has 4 heterocycles. The summed E-state index contributed by atoms with van der Waals surface area (Å²) >= 11 is 0. The van der Waals surface area contributed by atoms with E-state index in [-0.39, 0.29) is 0 Å². The molecule has 3 saturated heterocycles. The molecular formula is C28H32N2O3. The van der Waals surface area contributed by atoms with E-state index in [0.29, 0.717) is 25.2 Å². The molecule has 33 heavy (non-hydrogen) atoms. The minimum atomic E-state index is -0.604. The van der Waals surface area contributed by atoms with Crippen LogP contribution in [0, 0.1) is 5.92 Å².